The van der Waals surface area contributed by atoms with Gasteiger partial charge >= 0.3 is 0 Å². The summed E-state index contributed by atoms with van der Waals surface area (Å²) >= 11 is 0. The van der Waals surface area contributed by atoms with Gasteiger partial charge in [-0.05, 0) is 49.9 Å². The quantitative estimate of drug-likeness (QED) is 0.848. The van der Waals surface area contributed by atoms with E-state index in [0.717, 1.165) is 31.4 Å². The van der Waals surface area contributed by atoms with Gasteiger partial charge in [-0.15, -0.1) is 0 Å². The Hall–Kier alpha value is -1.02. The zero-order chi connectivity index (χ0) is 11.6. The maximum Gasteiger partial charge on any atom is 0.119 e. The highest BCUT2D eigenvalue weighted by atomic mass is 16.5. The van der Waals surface area contributed by atoms with Gasteiger partial charge in [-0.1, -0.05) is 18.9 Å². The second kappa shape index (κ2) is 4.46. The van der Waals surface area contributed by atoms with Crippen LogP contribution in [0.3, 0.4) is 0 Å². The molecule has 0 aromatic heterocycles. The standard InChI is InChI=1S/C14H20O2/c1-11-5-6-13(9-12(11)2)16-10-14(15)7-3-4-8-14/h5-6,9,15H,3-4,7-8,10H2,1-2H3. The van der Waals surface area contributed by atoms with Crippen LogP contribution in [0.4, 0.5) is 0 Å². The molecule has 1 aromatic rings. The third-order valence-corrected chi connectivity index (χ3v) is 3.52. The van der Waals surface area contributed by atoms with Crippen LogP contribution in [0.1, 0.15) is 36.8 Å². The first kappa shape index (κ1) is 11.5. The Labute approximate surface area is 97.3 Å². The van der Waals surface area contributed by atoms with Crippen molar-refractivity contribution in [2.24, 2.45) is 0 Å². The van der Waals surface area contributed by atoms with E-state index in [4.69, 9.17) is 4.74 Å². The number of aliphatic hydroxyl groups is 1. The molecule has 0 amide bonds. The first-order valence-corrected chi connectivity index (χ1v) is 6.02. The van der Waals surface area contributed by atoms with Crippen LogP contribution in [0, 0.1) is 13.8 Å². The lowest BCUT2D eigenvalue weighted by atomic mass is 10.0. The van der Waals surface area contributed by atoms with Crippen LogP contribution in [0.5, 0.6) is 5.75 Å². The van der Waals surface area contributed by atoms with Crippen LogP contribution in [-0.2, 0) is 0 Å². The fourth-order valence-electron chi connectivity index (χ4n) is 2.20. The Balaban J connectivity index is 1.96. The lowest BCUT2D eigenvalue weighted by Gasteiger charge is -2.22. The third kappa shape index (κ3) is 2.56. The summed E-state index contributed by atoms with van der Waals surface area (Å²) in [6, 6.07) is 6.07. The second-order valence-corrected chi connectivity index (χ2v) is 4.97. The molecule has 1 saturated carbocycles. The first-order valence-electron chi connectivity index (χ1n) is 6.02. The highest BCUT2D eigenvalue weighted by molar-refractivity contribution is 5.33. The molecule has 1 aromatic carbocycles. The summed E-state index contributed by atoms with van der Waals surface area (Å²) in [6.45, 7) is 4.59. The van der Waals surface area contributed by atoms with Crippen LogP contribution in [-0.4, -0.2) is 17.3 Å². The van der Waals surface area contributed by atoms with Crippen molar-refractivity contribution in [1.82, 2.24) is 0 Å². The minimum atomic E-state index is -0.585. The molecular weight excluding hydrogens is 200 g/mol. The lowest BCUT2D eigenvalue weighted by Crippen LogP contribution is -2.32. The lowest BCUT2D eigenvalue weighted by molar-refractivity contribution is 0.00139. The SMILES string of the molecule is Cc1ccc(OCC2(O)CCCC2)cc1C. The number of hydrogen-bond acceptors (Lipinski definition) is 2. The number of benzene rings is 1. The molecule has 2 rings (SSSR count). The van der Waals surface area contributed by atoms with E-state index in [1.165, 1.54) is 11.1 Å². The van der Waals surface area contributed by atoms with Crippen molar-refractivity contribution in [1.29, 1.82) is 0 Å². The Bertz CT molecular complexity index is 365. The van der Waals surface area contributed by atoms with Crippen molar-refractivity contribution >= 4 is 0 Å². The van der Waals surface area contributed by atoms with Gasteiger partial charge in [0, 0.05) is 0 Å². The number of rotatable bonds is 3. The summed E-state index contributed by atoms with van der Waals surface area (Å²) in [4.78, 5) is 0. The van der Waals surface area contributed by atoms with E-state index in [0.29, 0.717) is 6.61 Å². The third-order valence-electron chi connectivity index (χ3n) is 3.52. The van der Waals surface area contributed by atoms with Gasteiger partial charge in [0.05, 0.1) is 5.60 Å². The van der Waals surface area contributed by atoms with E-state index in [-0.39, 0.29) is 0 Å². The number of hydrogen-bond donors (Lipinski definition) is 1. The maximum atomic E-state index is 10.2. The molecule has 0 saturated heterocycles. The van der Waals surface area contributed by atoms with Gasteiger partial charge in [-0.2, -0.15) is 0 Å². The Morgan fingerprint density at radius 3 is 2.50 bits per heavy atom. The Morgan fingerprint density at radius 1 is 1.19 bits per heavy atom. The molecule has 1 N–H and O–H groups in total. The fourth-order valence-corrected chi connectivity index (χ4v) is 2.20. The molecule has 88 valence electrons. The van der Waals surface area contributed by atoms with Crippen molar-refractivity contribution in [2.75, 3.05) is 6.61 Å². The molecule has 2 nitrogen and oxygen atoms in total. The summed E-state index contributed by atoms with van der Waals surface area (Å²) in [5.41, 5.74) is 1.92. The number of ether oxygens (including phenoxy) is 1. The van der Waals surface area contributed by atoms with Crippen molar-refractivity contribution in [3.63, 3.8) is 0 Å². The van der Waals surface area contributed by atoms with E-state index in [9.17, 15) is 5.11 Å². The summed E-state index contributed by atoms with van der Waals surface area (Å²) in [6.07, 6.45) is 3.98. The smallest absolute Gasteiger partial charge is 0.119 e. The maximum absolute atomic E-state index is 10.2. The zero-order valence-electron chi connectivity index (χ0n) is 10.1. The largest absolute Gasteiger partial charge is 0.491 e. The molecule has 1 aliphatic rings. The molecule has 0 atom stereocenters. The molecule has 0 heterocycles. The van der Waals surface area contributed by atoms with E-state index >= 15 is 0 Å². The van der Waals surface area contributed by atoms with Gasteiger partial charge in [-0.3, -0.25) is 0 Å². The average molecular weight is 220 g/mol. The van der Waals surface area contributed by atoms with Crippen molar-refractivity contribution < 1.29 is 9.84 Å². The highest BCUT2D eigenvalue weighted by Gasteiger charge is 2.31. The average Bonchev–Trinajstić information content (AvgIpc) is 2.68. The van der Waals surface area contributed by atoms with Crippen molar-refractivity contribution in [3.8, 4) is 5.75 Å². The summed E-state index contributed by atoms with van der Waals surface area (Å²) in [5.74, 6) is 0.864. The Kier molecular flexibility index (Phi) is 3.20. The molecule has 0 unspecified atom stereocenters. The predicted octanol–water partition coefficient (Wildman–Crippen LogP) is 2.99. The molecule has 0 radical (unpaired) electrons. The van der Waals surface area contributed by atoms with Crippen LogP contribution < -0.4 is 4.74 Å². The highest BCUT2D eigenvalue weighted by Crippen LogP contribution is 2.30. The van der Waals surface area contributed by atoms with Gasteiger partial charge in [0.25, 0.3) is 0 Å². The predicted molar refractivity (Wildman–Crippen MR) is 64.8 cm³/mol. The molecular formula is C14H20O2. The molecule has 16 heavy (non-hydrogen) atoms. The number of aryl methyl sites for hydroxylation is 2. The van der Waals surface area contributed by atoms with Gasteiger partial charge in [-0.25, -0.2) is 0 Å². The van der Waals surface area contributed by atoms with Crippen LogP contribution in [0.25, 0.3) is 0 Å². The summed E-state index contributed by atoms with van der Waals surface area (Å²) < 4.78 is 5.68. The minimum Gasteiger partial charge on any atom is -0.491 e. The molecule has 0 aliphatic heterocycles. The van der Waals surface area contributed by atoms with E-state index in [2.05, 4.69) is 19.9 Å². The van der Waals surface area contributed by atoms with E-state index in [1.807, 2.05) is 12.1 Å². The van der Waals surface area contributed by atoms with Crippen molar-refractivity contribution in [3.05, 3.63) is 29.3 Å². The van der Waals surface area contributed by atoms with Gasteiger partial charge < -0.3 is 9.84 Å². The Morgan fingerprint density at radius 2 is 1.88 bits per heavy atom. The monoisotopic (exact) mass is 220 g/mol. The van der Waals surface area contributed by atoms with Gasteiger partial charge in [0.1, 0.15) is 12.4 Å². The molecule has 1 fully saturated rings. The molecule has 0 bridgehead atoms. The van der Waals surface area contributed by atoms with Crippen LogP contribution in [0.2, 0.25) is 0 Å². The molecule has 1 aliphatic carbocycles. The zero-order valence-corrected chi connectivity index (χ0v) is 10.1. The van der Waals surface area contributed by atoms with Crippen LogP contribution in [0.15, 0.2) is 18.2 Å². The van der Waals surface area contributed by atoms with E-state index in [1.54, 1.807) is 0 Å². The van der Waals surface area contributed by atoms with Crippen molar-refractivity contribution in [2.45, 2.75) is 45.1 Å². The molecule has 0 spiro atoms. The van der Waals surface area contributed by atoms with Gasteiger partial charge in [0.2, 0.25) is 0 Å². The van der Waals surface area contributed by atoms with Gasteiger partial charge in [0.15, 0.2) is 0 Å². The first-order chi connectivity index (χ1) is 7.59. The topological polar surface area (TPSA) is 29.5 Å². The molecule has 2 heteroatoms. The minimum absolute atomic E-state index is 0.426. The van der Waals surface area contributed by atoms with Crippen LogP contribution >= 0.6 is 0 Å². The fraction of sp³-hybridized carbons (Fsp3) is 0.571. The summed E-state index contributed by atoms with van der Waals surface area (Å²) in [7, 11) is 0. The summed E-state index contributed by atoms with van der Waals surface area (Å²) in [5, 5.41) is 10.2. The van der Waals surface area contributed by atoms with E-state index < -0.39 is 5.60 Å². The second-order valence-electron chi connectivity index (χ2n) is 4.97. The normalized spacial score (nSPS) is 18.7.